The van der Waals surface area contributed by atoms with Crippen LogP contribution in [0.5, 0.6) is 0 Å². The Labute approximate surface area is 117 Å². The zero-order valence-corrected chi connectivity index (χ0v) is 11.7. The lowest BCUT2D eigenvalue weighted by atomic mass is 10.0. The van der Waals surface area contributed by atoms with Crippen molar-refractivity contribution in [3.63, 3.8) is 0 Å². The summed E-state index contributed by atoms with van der Waals surface area (Å²) in [5.41, 5.74) is 0.907. The molecule has 2 heterocycles. The van der Waals surface area contributed by atoms with E-state index < -0.39 is 6.17 Å². The summed E-state index contributed by atoms with van der Waals surface area (Å²) in [4.78, 5) is 15.7. The van der Waals surface area contributed by atoms with Crippen LogP contribution in [0.4, 0.5) is 4.39 Å². The Hall–Kier alpha value is -2.04. The lowest BCUT2D eigenvalue weighted by molar-refractivity contribution is 0.0977. The van der Waals surface area contributed by atoms with Crippen molar-refractivity contribution in [2.75, 3.05) is 0 Å². The third-order valence-electron chi connectivity index (χ3n) is 3.29. The van der Waals surface area contributed by atoms with Crippen LogP contribution in [0.2, 0.25) is 0 Å². The monoisotopic (exact) mass is 275 g/mol. The van der Waals surface area contributed by atoms with Gasteiger partial charge in [-0.15, -0.1) is 5.10 Å². The van der Waals surface area contributed by atoms with E-state index in [1.807, 2.05) is 25.2 Å². The fourth-order valence-electron chi connectivity index (χ4n) is 2.34. The molecule has 1 aromatic heterocycles. The van der Waals surface area contributed by atoms with Crippen LogP contribution in [0.3, 0.4) is 0 Å². The van der Waals surface area contributed by atoms with E-state index in [1.54, 1.807) is 13.0 Å². The summed E-state index contributed by atoms with van der Waals surface area (Å²) in [7, 11) is 0. The molecular weight excluding hydrogens is 257 g/mol. The summed E-state index contributed by atoms with van der Waals surface area (Å²) in [6.45, 7) is 7.31. The van der Waals surface area contributed by atoms with E-state index in [9.17, 15) is 9.18 Å². The second-order valence-corrected chi connectivity index (χ2v) is 4.64. The molecule has 2 atom stereocenters. The van der Waals surface area contributed by atoms with Gasteiger partial charge in [0.1, 0.15) is 0 Å². The van der Waals surface area contributed by atoms with Gasteiger partial charge in [0.05, 0.1) is 6.04 Å². The second-order valence-electron chi connectivity index (χ2n) is 4.64. The Bertz CT molecular complexity index is 586. The fraction of sp³-hybridized carbons (Fsp3) is 0.400. The summed E-state index contributed by atoms with van der Waals surface area (Å²) < 4.78 is 15.6. The molecule has 0 N–H and O–H groups in total. The first-order chi connectivity index (χ1) is 9.62. The van der Waals surface area contributed by atoms with Crippen LogP contribution in [0, 0.1) is 0 Å². The lowest BCUT2D eigenvalue weighted by Gasteiger charge is -2.12. The largest absolute Gasteiger partial charge is 0.291 e. The van der Waals surface area contributed by atoms with Crippen LogP contribution < -0.4 is 0 Å². The predicted molar refractivity (Wildman–Crippen MR) is 75.2 cm³/mol. The highest BCUT2D eigenvalue weighted by atomic mass is 19.1. The zero-order valence-electron chi connectivity index (χ0n) is 11.7. The molecule has 4 nitrogen and oxygen atoms in total. The number of fused-ring (bicyclic) bond motifs is 1. The minimum Gasteiger partial charge on any atom is -0.291 e. The Kier molecular flexibility index (Phi) is 4.27. The Morgan fingerprint density at radius 1 is 1.60 bits per heavy atom. The van der Waals surface area contributed by atoms with Crippen molar-refractivity contribution in [3.05, 3.63) is 48.1 Å². The molecule has 0 fully saturated rings. The number of halogens is 1. The molecule has 2 rings (SSSR count). The van der Waals surface area contributed by atoms with Crippen LogP contribution in [0.25, 0.3) is 0 Å². The number of carbonyl (C=O) groups excluding carboxylic acids is 1. The highest BCUT2D eigenvalue weighted by molar-refractivity contribution is 5.92. The number of carbonyl (C=O) groups is 1. The molecule has 0 aliphatic carbocycles. The van der Waals surface area contributed by atoms with Crippen LogP contribution in [-0.4, -0.2) is 20.5 Å². The van der Waals surface area contributed by atoms with Gasteiger partial charge in [0.2, 0.25) is 11.6 Å². The van der Waals surface area contributed by atoms with Crippen LogP contribution >= 0.6 is 0 Å². The first kappa shape index (κ1) is 14.4. The molecule has 0 bridgehead atoms. The molecule has 0 aromatic carbocycles. The van der Waals surface area contributed by atoms with Crippen LogP contribution in [0.1, 0.15) is 55.3 Å². The van der Waals surface area contributed by atoms with Crippen molar-refractivity contribution >= 4 is 5.78 Å². The maximum Gasteiger partial charge on any atom is 0.217 e. The predicted octanol–water partition coefficient (Wildman–Crippen LogP) is 3.51. The van der Waals surface area contributed by atoms with E-state index in [0.717, 1.165) is 5.57 Å². The Balaban J connectivity index is 2.42. The normalized spacial score (nSPS) is 22.2. The molecule has 1 aromatic rings. The van der Waals surface area contributed by atoms with Crippen molar-refractivity contribution in [1.82, 2.24) is 14.8 Å². The average molecular weight is 275 g/mol. The molecule has 0 saturated carbocycles. The van der Waals surface area contributed by atoms with Crippen molar-refractivity contribution in [3.8, 4) is 0 Å². The van der Waals surface area contributed by atoms with Gasteiger partial charge < -0.3 is 0 Å². The van der Waals surface area contributed by atoms with Crippen molar-refractivity contribution in [2.24, 2.45) is 0 Å². The summed E-state index contributed by atoms with van der Waals surface area (Å²) in [5.74, 6) is 0.178. The number of Topliss-reactive ketones (excluding diaryl/α,β-unsaturated/α-hetero) is 1. The van der Waals surface area contributed by atoms with Gasteiger partial charge in [-0.3, -0.25) is 4.79 Å². The molecule has 0 saturated heterocycles. The fourth-order valence-corrected chi connectivity index (χ4v) is 2.34. The van der Waals surface area contributed by atoms with E-state index in [1.165, 1.54) is 4.68 Å². The molecule has 0 unspecified atom stereocenters. The number of nitrogens with zero attached hydrogens (tertiary/aromatic N) is 3. The van der Waals surface area contributed by atoms with Gasteiger partial charge in [-0.2, -0.15) is 0 Å². The smallest absolute Gasteiger partial charge is 0.217 e. The summed E-state index contributed by atoms with van der Waals surface area (Å²) in [6.07, 6.45) is 6.69. The highest BCUT2D eigenvalue weighted by Crippen LogP contribution is 2.39. The number of allylic oxidation sites excluding steroid dienone is 5. The molecule has 20 heavy (non-hydrogen) atoms. The molecule has 0 amide bonds. The van der Waals surface area contributed by atoms with Crippen LogP contribution in [-0.2, 0) is 0 Å². The van der Waals surface area contributed by atoms with Crippen molar-refractivity contribution in [1.29, 1.82) is 0 Å². The third kappa shape index (κ3) is 2.48. The number of ketones is 1. The number of alkyl halides is 1. The summed E-state index contributed by atoms with van der Waals surface area (Å²) in [6, 6.07) is -0.236. The number of aromatic nitrogens is 3. The van der Waals surface area contributed by atoms with E-state index >= 15 is 0 Å². The maximum absolute atomic E-state index is 14.1. The number of hydrogen-bond donors (Lipinski definition) is 0. The molecule has 0 spiro atoms. The third-order valence-corrected chi connectivity index (χ3v) is 3.29. The molecule has 106 valence electrons. The molecule has 0 radical (unpaired) electrons. The first-order valence-corrected chi connectivity index (χ1v) is 6.71. The van der Waals surface area contributed by atoms with E-state index in [-0.39, 0.29) is 23.5 Å². The van der Waals surface area contributed by atoms with Gasteiger partial charge in [-0.1, -0.05) is 37.8 Å². The first-order valence-electron chi connectivity index (χ1n) is 6.71. The molecule has 1 aliphatic heterocycles. The maximum atomic E-state index is 14.1. The molecular formula is C15H18FN3O. The van der Waals surface area contributed by atoms with Gasteiger partial charge in [-0.25, -0.2) is 14.1 Å². The zero-order chi connectivity index (χ0) is 14.7. The number of rotatable bonds is 5. The second kappa shape index (κ2) is 5.94. The summed E-state index contributed by atoms with van der Waals surface area (Å²) >= 11 is 0. The lowest BCUT2D eigenvalue weighted by Crippen LogP contribution is -2.09. The quantitative estimate of drug-likeness (QED) is 0.610. The minimum absolute atomic E-state index is 0.105. The minimum atomic E-state index is -1.19. The standard InChI is InChI=1S/C15H18FN3O/c1-4-7-10(8-5-2)12-9-11(16)15-17-14(13(20)6-3)18-19(12)15/h4-5,7-8,11-12H,1,6,9H2,2-3H3/b8-5-,10-7+/t11-,12-/m1/s1. The Morgan fingerprint density at radius 3 is 2.95 bits per heavy atom. The van der Waals surface area contributed by atoms with Gasteiger partial charge in [-0.05, 0) is 12.5 Å². The van der Waals surface area contributed by atoms with Gasteiger partial charge in [0, 0.05) is 12.8 Å². The van der Waals surface area contributed by atoms with E-state index in [4.69, 9.17) is 0 Å². The van der Waals surface area contributed by atoms with E-state index in [2.05, 4.69) is 16.7 Å². The summed E-state index contributed by atoms with van der Waals surface area (Å²) in [5, 5.41) is 4.19. The van der Waals surface area contributed by atoms with E-state index in [0.29, 0.717) is 12.8 Å². The van der Waals surface area contributed by atoms with Gasteiger partial charge in [0.15, 0.2) is 12.0 Å². The van der Waals surface area contributed by atoms with Gasteiger partial charge in [0.25, 0.3) is 0 Å². The SMILES string of the molecule is C=C/C=C(\C=C/C)[C@H]1C[C@@H](F)c2nc(C(=O)CC)nn21. The van der Waals surface area contributed by atoms with Crippen molar-refractivity contribution < 1.29 is 9.18 Å². The Morgan fingerprint density at radius 2 is 2.35 bits per heavy atom. The highest BCUT2D eigenvalue weighted by Gasteiger charge is 2.36. The topological polar surface area (TPSA) is 47.8 Å². The number of hydrogen-bond acceptors (Lipinski definition) is 3. The van der Waals surface area contributed by atoms with Crippen molar-refractivity contribution in [2.45, 2.75) is 38.9 Å². The molecule has 5 heteroatoms. The van der Waals surface area contributed by atoms with Gasteiger partial charge >= 0.3 is 0 Å². The average Bonchev–Trinajstić information content (AvgIpc) is 2.99. The van der Waals surface area contributed by atoms with Crippen LogP contribution in [0.15, 0.2) is 36.5 Å². The molecule has 1 aliphatic rings.